The van der Waals surface area contributed by atoms with Crippen LogP contribution < -0.4 is 0 Å². The van der Waals surface area contributed by atoms with Gasteiger partial charge in [-0.2, -0.15) is 0 Å². The summed E-state index contributed by atoms with van der Waals surface area (Å²) < 4.78 is 4.99. The lowest BCUT2D eigenvalue weighted by Crippen LogP contribution is -2.44. The van der Waals surface area contributed by atoms with E-state index in [1.54, 1.807) is 49.4 Å². The Morgan fingerprint density at radius 3 is 2.60 bits per heavy atom. The second-order valence-electron chi connectivity index (χ2n) is 4.44. The second-order valence-corrected chi connectivity index (χ2v) is 5.07. The molecule has 1 aromatic carbocycles. The van der Waals surface area contributed by atoms with E-state index >= 15 is 0 Å². The molecule has 3 nitrogen and oxygen atoms in total. The van der Waals surface area contributed by atoms with Gasteiger partial charge < -0.3 is 4.74 Å². The normalized spacial score (nSPS) is 24.4. The number of hydrogen-bond donors (Lipinski definition) is 0. The van der Waals surface area contributed by atoms with Crippen molar-refractivity contribution in [3.05, 3.63) is 60.2 Å². The van der Waals surface area contributed by atoms with Crippen LogP contribution in [0.3, 0.4) is 0 Å². The van der Waals surface area contributed by atoms with Crippen LogP contribution in [0.5, 0.6) is 0 Å². The van der Waals surface area contributed by atoms with E-state index in [0.717, 1.165) is 0 Å². The number of Topliss-reactive ketones (excluding diaryl/α,β-unsaturated/α-hetero) is 1. The van der Waals surface area contributed by atoms with Gasteiger partial charge in [-0.25, -0.2) is 4.79 Å². The number of allylic oxidation sites excluding steroid dienone is 3. The quantitative estimate of drug-likeness (QED) is 0.486. The summed E-state index contributed by atoms with van der Waals surface area (Å²) >= 11 is 6.38. The first-order valence-electron chi connectivity index (χ1n) is 6.41. The minimum atomic E-state index is -1.47. The van der Waals surface area contributed by atoms with Gasteiger partial charge in [0.25, 0.3) is 0 Å². The Morgan fingerprint density at radius 2 is 1.95 bits per heavy atom. The van der Waals surface area contributed by atoms with Gasteiger partial charge in [-0.3, -0.25) is 4.79 Å². The summed E-state index contributed by atoms with van der Waals surface area (Å²) in [6, 6.07) is 8.78. The van der Waals surface area contributed by atoms with Crippen LogP contribution in [0, 0.1) is 5.92 Å². The van der Waals surface area contributed by atoms with E-state index in [0.29, 0.717) is 5.56 Å². The van der Waals surface area contributed by atoms with Crippen molar-refractivity contribution in [3.63, 3.8) is 0 Å². The smallest absolute Gasteiger partial charge is 0.332 e. The molecule has 4 heteroatoms. The van der Waals surface area contributed by atoms with E-state index in [9.17, 15) is 9.59 Å². The van der Waals surface area contributed by atoms with Crippen LogP contribution in [0.1, 0.15) is 17.3 Å². The van der Waals surface area contributed by atoms with E-state index in [2.05, 4.69) is 0 Å². The summed E-state index contributed by atoms with van der Waals surface area (Å²) in [5.41, 5.74) is 0.520. The molecule has 0 bridgehead atoms. The molecule has 0 aliphatic heterocycles. The lowest BCUT2D eigenvalue weighted by Gasteiger charge is -2.29. The van der Waals surface area contributed by atoms with Crippen molar-refractivity contribution in [1.29, 1.82) is 0 Å². The fraction of sp³-hybridized carbons (Fsp3) is 0.250. The fourth-order valence-corrected chi connectivity index (χ4v) is 2.41. The molecule has 1 aliphatic rings. The van der Waals surface area contributed by atoms with E-state index in [1.807, 2.05) is 6.07 Å². The topological polar surface area (TPSA) is 43.4 Å². The molecular weight excluding hydrogens is 276 g/mol. The molecule has 0 amide bonds. The van der Waals surface area contributed by atoms with Crippen molar-refractivity contribution in [2.24, 2.45) is 5.92 Å². The summed E-state index contributed by atoms with van der Waals surface area (Å²) in [7, 11) is 0. The lowest BCUT2D eigenvalue weighted by atomic mass is 9.82. The van der Waals surface area contributed by atoms with Gasteiger partial charge in [-0.1, -0.05) is 54.6 Å². The zero-order chi connectivity index (χ0) is 14.6. The van der Waals surface area contributed by atoms with Crippen LogP contribution >= 0.6 is 11.6 Å². The predicted octanol–water partition coefficient (Wildman–Crippen LogP) is 3.15. The van der Waals surface area contributed by atoms with Gasteiger partial charge in [0.1, 0.15) is 0 Å². The number of halogens is 1. The third kappa shape index (κ3) is 2.68. The molecule has 2 rings (SSSR count). The van der Waals surface area contributed by atoms with Crippen molar-refractivity contribution in [2.75, 3.05) is 6.61 Å². The van der Waals surface area contributed by atoms with Gasteiger partial charge in [-0.15, -0.1) is 11.6 Å². The number of alkyl halides is 1. The number of ketones is 1. The van der Waals surface area contributed by atoms with E-state index in [1.165, 1.54) is 6.08 Å². The Labute approximate surface area is 122 Å². The van der Waals surface area contributed by atoms with Crippen LogP contribution in [0.25, 0.3) is 0 Å². The molecule has 0 heterocycles. The van der Waals surface area contributed by atoms with E-state index in [4.69, 9.17) is 16.3 Å². The van der Waals surface area contributed by atoms with Crippen LogP contribution in [0.15, 0.2) is 54.6 Å². The molecule has 0 saturated heterocycles. The molecule has 104 valence electrons. The van der Waals surface area contributed by atoms with Gasteiger partial charge in [0.15, 0.2) is 10.7 Å². The van der Waals surface area contributed by atoms with Crippen molar-refractivity contribution >= 4 is 23.4 Å². The fourth-order valence-electron chi connectivity index (χ4n) is 2.11. The Morgan fingerprint density at radius 1 is 1.25 bits per heavy atom. The van der Waals surface area contributed by atoms with Crippen molar-refractivity contribution in [3.8, 4) is 0 Å². The standard InChI is InChI=1S/C16H15ClO3/c1-2-20-15(19)16(17)11-7-6-10-13(16)14(18)12-8-4-3-5-9-12/h3-11,13H,2H2,1H3. The molecule has 2 atom stereocenters. The highest BCUT2D eigenvalue weighted by molar-refractivity contribution is 6.38. The molecule has 0 radical (unpaired) electrons. The third-order valence-corrected chi connectivity index (χ3v) is 3.65. The first kappa shape index (κ1) is 14.5. The SMILES string of the molecule is CCOC(=O)C1(Cl)C=CC=CC1C(=O)c1ccccc1. The number of ether oxygens (including phenoxy) is 1. The number of carbonyl (C=O) groups excluding carboxylic acids is 2. The molecule has 0 spiro atoms. The molecule has 2 unspecified atom stereocenters. The summed E-state index contributed by atoms with van der Waals surface area (Å²) in [6.45, 7) is 1.92. The highest BCUT2D eigenvalue weighted by Gasteiger charge is 2.46. The van der Waals surface area contributed by atoms with Gasteiger partial charge in [-0.05, 0) is 6.92 Å². The van der Waals surface area contributed by atoms with Crippen molar-refractivity contribution < 1.29 is 14.3 Å². The summed E-state index contributed by atoms with van der Waals surface area (Å²) in [4.78, 5) is 23.1. The molecule has 0 saturated carbocycles. The summed E-state index contributed by atoms with van der Waals surface area (Å²) in [5.74, 6) is -1.57. The largest absolute Gasteiger partial charge is 0.464 e. The molecule has 0 aromatic heterocycles. The average Bonchev–Trinajstić information content (AvgIpc) is 2.48. The van der Waals surface area contributed by atoms with Crippen LogP contribution in [0.2, 0.25) is 0 Å². The Hall–Kier alpha value is -1.87. The summed E-state index contributed by atoms with van der Waals surface area (Å²) in [5, 5.41) is 0. The Kier molecular flexibility index (Phi) is 4.40. The number of benzene rings is 1. The first-order valence-corrected chi connectivity index (χ1v) is 6.79. The first-order chi connectivity index (χ1) is 9.59. The molecule has 1 aliphatic carbocycles. The van der Waals surface area contributed by atoms with Crippen LogP contribution in [0.4, 0.5) is 0 Å². The Bertz CT molecular complexity index is 562. The third-order valence-electron chi connectivity index (χ3n) is 3.14. The second kappa shape index (κ2) is 6.06. The van der Waals surface area contributed by atoms with Crippen LogP contribution in [-0.2, 0) is 9.53 Å². The molecule has 1 aromatic rings. The average molecular weight is 291 g/mol. The highest BCUT2D eigenvalue weighted by Crippen LogP contribution is 2.35. The zero-order valence-corrected chi connectivity index (χ0v) is 11.8. The van der Waals surface area contributed by atoms with Crippen LogP contribution in [-0.4, -0.2) is 23.2 Å². The molecular formula is C16H15ClO3. The summed E-state index contributed by atoms with van der Waals surface area (Å²) in [6.07, 6.45) is 6.52. The monoisotopic (exact) mass is 290 g/mol. The predicted molar refractivity (Wildman–Crippen MR) is 77.8 cm³/mol. The van der Waals surface area contributed by atoms with Crippen molar-refractivity contribution in [1.82, 2.24) is 0 Å². The maximum Gasteiger partial charge on any atom is 0.332 e. The Balaban J connectivity index is 2.33. The minimum Gasteiger partial charge on any atom is -0.464 e. The van der Waals surface area contributed by atoms with Gasteiger partial charge >= 0.3 is 5.97 Å². The highest BCUT2D eigenvalue weighted by atomic mass is 35.5. The van der Waals surface area contributed by atoms with Gasteiger partial charge in [0, 0.05) is 5.56 Å². The number of esters is 1. The number of hydrogen-bond acceptors (Lipinski definition) is 3. The van der Waals surface area contributed by atoms with E-state index < -0.39 is 16.8 Å². The molecule has 0 N–H and O–H groups in total. The number of rotatable bonds is 4. The molecule has 20 heavy (non-hydrogen) atoms. The lowest BCUT2D eigenvalue weighted by molar-refractivity contribution is -0.145. The molecule has 0 fully saturated rings. The maximum absolute atomic E-state index is 12.5. The minimum absolute atomic E-state index is 0.200. The number of carbonyl (C=O) groups is 2. The maximum atomic E-state index is 12.5. The van der Waals surface area contributed by atoms with E-state index in [-0.39, 0.29) is 12.4 Å². The zero-order valence-electron chi connectivity index (χ0n) is 11.1. The van der Waals surface area contributed by atoms with Gasteiger partial charge in [0.2, 0.25) is 0 Å². The van der Waals surface area contributed by atoms with Crippen molar-refractivity contribution in [2.45, 2.75) is 11.8 Å². The van der Waals surface area contributed by atoms with Gasteiger partial charge in [0.05, 0.1) is 12.5 Å².